The van der Waals surface area contributed by atoms with Gasteiger partial charge in [-0.3, -0.25) is 14.4 Å². The van der Waals surface area contributed by atoms with Gasteiger partial charge in [0.1, 0.15) is 0 Å². The van der Waals surface area contributed by atoms with E-state index < -0.39 is 17.9 Å². The van der Waals surface area contributed by atoms with E-state index in [1.165, 1.54) is 6.08 Å². The first-order valence-electron chi connectivity index (χ1n) is 6.46. The van der Waals surface area contributed by atoms with E-state index in [2.05, 4.69) is 12.0 Å². The lowest BCUT2D eigenvalue weighted by atomic mass is 10.1. The van der Waals surface area contributed by atoms with E-state index in [1.807, 2.05) is 0 Å². The molecule has 1 aromatic carbocycles. The van der Waals surface area contributed by atoms with Crippen LogP contribution in [0.15, 0.2) is 35.9 Å². The molecular weight excluding hydrogens is 270 g/mol. The number of fused-ring (bicyclic) bond motifs is 1. The molecule has 1 atom stereocenters. The molecule has 104 valence electrons. The van der Waals surface area contributed by atoms with Gasteiger partial charge in [0.15, 0.2) is 5.78 Å². The van der Waals surface area contributed by atoms with Crippen molar-refractivity contribution in [1.82, 2.24) is 4.90 Å². The molecule has 1 aromatic rings. The Labute approximate surface area is 120 Å². The molecule has 0 radical (unpaired) electrons. The van der Waals surface area contributed by atoms with E-state index in [0.29, 0.717) is 16.7 Å². The Morgan fingerprint density at radius 3 is 2.29 bits per heavy atom. The number of benzene rings is 1. The molecule has 3 rings (SSSR count). The van der Waals surface area contributed by atoms with Gasteiger partial charge in [-0.1, -0.05) is 18.1 Å². The van der Waals surface area contributed by atoms with Gasteiger partial charge in [-0.15, -0.1) is 0 Å². The minimum Gasteiger partial charge on any atom is -0.389 e. The molecular formula is C16H11NO4. The van der Waals surface area contributed by atoms with Crippen molar-refractivity contribution < 1.29 is 19.5 Å². The third-order valence-electron chi connectivity index (χ3n) is 3.41. The van der Waals surface area contributed by atoms with Gasteiger partial charge < -0.3 is 5.11 Å². The average Bonchev–Trinajstić information content (AvgIpc) is 2.91. The van der Waals surface area contributed by atoms with Crippen LogP contribution in [0.5, 0.6) is 0 Å². The molecule has 2 amide bonds. The average molecular weight is 281 g/mol. The van der Waals surface area contributed by atoms with Crippen LogP contribution in [0.3, 0.4) is 0 Å². The number of imide groups is 1. The van der Waals surface area contributed by atoms with Gasteiger partial charge in [-0.2, -0.15) is 4.90 Å². The smallest absolute Gasteiger partial charge is 0.273 e. The van der Waals surface area contributed by atoms with Crippen LogP contribution in [-0.4, -0.2) is 33.7 Å². The molecule has 5 heteroatoms. The van der Waals surface area contributed by atoms with Gasteiger partial charge in [-0.25, -0.2) is 0 Å². The second-order valence-corrected chi connectivity index (χ2v) is 4.84. The normalized spacial score (nSPS) is 20.2. The second-order valence-electron chi connectivity index (χ2n) is 4.84. The lowest BCUT2D eigenvalue weighted by molar-refractivity contribution is -0.115. The van der Waals surface area contributed by atoms with Gasteiger partial charge in [0.2, 0.25) is 0 Å². The molecule has 1 aliphatic carbocycles. The summed E-state index contributed by atoms with van der Waals surface area (Å²) in [6.45, 7) is 0. The van der Waals surface area contributed by atoms with Crippen LogP contribution in [0.4, 0.5) is 0 Å². The number of aliphatic hydroxyl groups excluding tert-OH is 1. The maximum atomic E-state index is 12.0. The molecule has 0 saturated carbocycles. The molecule has 0 fully saturated rings. The Balaban J connectivity index is 1.78. The van der Waals surface area contributed by atoms with Gasteiger partial charge in [0, 0.05) is 24.5 Å². The van der Waals surface area contributed by atoms with Crippen molar-refractivity contribution in [3.05, 3.63) is 47.0 Å². The van der Waals surface area contributed by atoms with Crippen LogP contribution >= 0.6 is 0 Å². The van der Waals surface area contributed by atoms with Crippen molar-refractivity contribution in [2.24, 2.45) is 0 Å². The van der Waals surface area contributed by atoms with Gasteiger partial charge >= 0.3 is 0 Å². The fourth-order valence-corrected chi connectivity index (χ4v) is 2.37. The number of hydrogen-bond acceptors (Lipinski definition) is 4. The molecule has 0 saturated heterocycles. The Kier molecular flexibility index (Phi) is 3.16. The second kappa shape index (κ2) is 5.00. The van der Waals surface area contributed by atoms with Gasteiger partial charge in [0.25, 0.3) is 11.8 Å². The van der Waals surface area contributed by atoms with Crippen LogP contribution in [0.1, 0.15) is 33.6 Å². The molecule has 5 nitrogen and oxygen atoms in total. The van der Waals surface area contributed by atoms with Crippen LogP contribution < -0.4 is 0 Å². The van der Waals surface area contributed by atoms with Crippen LogP contribution in [0, 0.1) is 12.0 Å². The summed E-state index contributed by atoms with van der Waals surface area (Å²) in [7, 11) is 0. The first-order chi connectivity index (χ1) is 10.1. The predicted octanol–water partition coefficient (Wildman–Crippen LogP) is 0.894. The number of carbonyl (C=O) groups excluding carboxylic acids is 3. The van der Waals surface area contributed by atoms with Crippen molar-refractivity contribution >= 4 is 17.6 Å². The van der Waals surface area contributed by atoms with E-state index >= 15 is 0 Å². The summed E-state index contributed by atoms with van der Waals surface area (Å²) >= 11 is 0. The third-order valence-corrected chi connectivity index (χ3v) is 3.41. The first kappa shape index (κ1) is 13.3. The third kappa shape index (κ3) is 2.26. The lowest BCUT2D eigenvalue weighted by Gasteiger charge is -2.02. The zero-order chi connectivity index (χ0) is 15.0. The molecule has 21 heavy (non-hydrogen) atoms. The lowest BCUT2D eigenvalue weighted by Crippen LogP contribution is -2.24. The maximum Gasteiger partial charge on any atom is 0.273 e. The first-order valence-corrected chi connectivity index (χ1v) is 6.46. The number of carbonyl (C=O) groups is 3. The molecule has 0 aromatic heterocycles. The Bertz CT molecular complexity index is 716. The number of aliphatic hydroxyl groups is 1. The number of amides is 2. The topological polar surface area (TPSA) is 74.7 Å². The van der Waals surface area contributed by atoms with E-state index in [-0.39, 0.29) is 18.6 Å². The highest BCUT2D eigenvalue weighted by Gasteiger charge is 2.34. The fourth-order valence-electron chi connectivity index (χ4n) is 2.37. The summed E-state index contributed by atoms with van der Waals surface area (Å²) in [5.74, 6) is 1.60. The minimum atomic E-state index is -0.756. The van der Waals surface area contributed by atoms with Crippen LogP contribution in [-0.2, 0) is 4.79 Å². The molecule has 2 aliphatic rings. The molecule has 1 N–H and O–H groups in total. The summed E-state index contributed by atoms with van der Waals surface area (Å²) in [6.07, 6.45) is 0.890. The number of nitrogens with zero attached hydrogens (tertiary/aromatic N) is 1. The Morgan fingerprint density at radius 1 is 1.14 bits per heavy atom. The summed E-state index contributed by atoms with van der Waals surface area (Å²) in [5.41, 5.74) is 1.10. The van der Waals surface area contributed by atoms with Crippen LogP contribution in [0.2, 0.25) is 0 Å². The number of allylic oxidation sites excluding steroid dienone is 1. The summed E-state index contributed by atoms with van der Waals surface area (Å²) < 4.78 is 0. The standard InChI is InChI=1S/C16H11NO4/c18-11-8-10(14(19)9-11)4-3-7-17-15(20)12-5-1-2-6-13(12)16(17)21/h1-2,5-6,8,11,18H,4,9H2/t11-/m1/s1. The van der Waals surface area contributed by atoms with Crippen molar-refractivity contribution in [2.75, 3.05) is 0 Å². The Morgan fingerprint density at radius 2 is 1.76 bits per heavy atom. The van der Waals surface area contributed by atoms with E-state index in [4.69, 9.17) is 0 Å². The highest BCUT2D eigenvalue weighted by atomic mass is 16.3. The molecule has 0 spiro atoms. The number of ketones is 1. The SMILES string of the molecule is O=C1C[C@H](O)C=C1CC#CN1C(=O)c2ccccc2C1=O. The molecule has 0 bridgehead atoms. The Hall–Kier alpha value is -2.71. The zero-order valence-electron chi connectivity index (χ0n) is 11.0. The molecule has 1 heterocycles. The molecule has 0 unspecified atom stereocenters. The summed E-state index contributed by atoms with van der Waals surface area (Å²) in [5, 5.41) is 9.32. The highest BCUT2D eigenvalue weighted by molar-refractivity contribution is 6.22. The minimum absolute atomic E-state index is 0.0734. The van der Waals surface area contributed by atoms with Crippen LogP contribution in [0.25, 0.3) is 0 Å². The molecule has 1 aliphatic heterocycles. The quantitative estimate of drug-likeness (QED) is 0.613. The predicted molar refractivity (Wildman–Crippen MR) is 73.0 cm³/mol. The monoisotopic (exact) mass is 281 g/mol. The van der Waals surface area contributed by atoms with Gasteiger partial charge in [-0.05, 0) is 18.2 Å². The van der Waals surface area contributed by atoms with E-state index in [1.54, 1.807) is 24.3 Å². The number of Topliss-reactive ketones (excluding diaryl/α,β-unsaturated/α-hetero) is 1. The largest absolute Gasteiger partial charge is 0.389 e. The van der Waals surface area contributed by atoms with E-state index in [0.717, 1.165) is 4.90 Å². The van der Waals surface area contributed by atoms with E-state index in [9.17, 15) is 19.5 Å². The number of hydrogen-bond donors (Lipinski definition) is 1. The van der Waals surface area contributed by atoms with Crippen molar-refractivity contribution in [3.63, 3.8) is 0 Å². The van der Waals surface area contributed by atoms with Gasteiger partial charge in [0.05, 0.1) is 17.2 Å². The number of rotatable bonds is 1. The zero-order valence-corrected chi connectivity index (χ0v) is 11.0. The maximum absolute atomic E-state index is 12.0. The van der Waals surface area contributed by atoms with Crippen molar-refractivity contribution in [3.8, 4) is 12.0 Å². The van der Waals surface area contributed by atoms with Crippen molar-refractivity contribution in [2.45, 2.75) is 18.9 Å². The summed E-state index contributed by atoms with van der Waals surface area (Å²) in [6, 6.07) is 9.03. The fraction of sp³-hybridized carbons (Fsp3) is 0.188. The summed E-state index contributed by atoms with van der Waals surface area (Å²) in [4.78, 5) is 36.4. The van der Waals surface area contributed by atoms with Crippen molar-refractivity contribution in [1.29, 1.82) is 0 Å². The highest BCUT2D eigenvalue weighted by Crippen LogP contribution is 2.22.